The third-order valence-corrected chi connectivity index (χ3v) is 4.45. The lowest BCUT2D eigenvalue weighted by molar-refractivity contribution is -0.274. The molecular weight excluding hydrogens is 385 g/mol. The topological polar surface area (TPSA) is 52.0 Å². The average molecular weight is 395 g/mol. The van der Waals surface area contributed by atoms with Crippen LogP contribution in [0.5, 0.6) is 5.75 Å². The molecule has 2 aromatic rings. The number of rotatable bonds is 4. The second-order valence-electron chi connectivity index (χ2n) is 4.45. The molecule has 1 fully saturated rings. The van der Waals surface area contributed by atoms with E-state index in [4.69, 9.17) is 0 Å². The minimum absolute atomic E-state index is 0.278. The van der Waals surface area contributed by atoms with Gasteiger partial charge in [-0.05, 0) is 52.4 Å². The van der Waals surface area contributed by atoms with Crippen molar-refractivity contribution in [3.05, 3.63) is 29.0 Å². The van der Waals surface area contributed by atoms with Gasteiger partial charge >= 0.3 is 6.36 Å². The molecule has 1 unspecified atom stereocenters. The van der Waals surface area contributed by atoms with E-state index in [-0.39, 0.29) is 11.1 Å². The van der Waals surface area contributed by atoms with Crippen molar-refractivity contribution in [2.45, 2.75) is 18.2 Å². The highest BCUT2D eigenvalue weighted by Crippen LogP contribution is 2.30. The fourth-order valence-corrected chi connectivity index (χ4v) is 2.83. The molecule has 1 aromatic heterocycles. The van der Waals surface area contributed by atoms with E-state index in [1.807, 2.05) is 0 Å². The van der Waals surface area contributed by atoms with Crippen LogP contribution in [0.2, 0.25) is 0 Å². The van der Waals surface area contributed by atoms with Crippen molar-refractivity contribution < 1.29 is 17.9 Å². The molecule has 0 bridgehead atoms. The van der Waals surface area contributed by atoms with E-state index in [0.29, 0.717) is 16.4 Å². The molecule has 5 nitrogen and oxygen atoms in total. The summed E-state index contributed by atoms with van der Waals surface area (Å²) in [5.74, 6) is 1.35. The third-order valence-electron chi connectivity index (χ3n) is 2.89. The Morgan fingerprint density at radius 3 is 2.55 bits per heavy atom. The molecule has 2 heterocycles. The van der Waals surface area contributed by atoms with Crippen LogP contribution in [0.15, 0.2) is 29.0 Å². The number of thioether (sulfide) groups is 1. The van der Waals surface area contributed by atoms with Crippen molar-refractivity contribution in [2.75, 3.05) is 11.1 Å². The van der Waals surface area contributed by atoms with Gasteiger partial charge in [-0.3, -0.25) is 0 Å². The number of anilines is 1. The SMILES string of the molecule is FC(F)(F)Oc1ccc(-n2nc(Br)nc2NC2CCS2)cc1. The molecule has 1 aromatic carbocycles. The van der Waals surface area contributed by atoms with Crippen LogP contribution in [0.3, 0.4) is 0 Å². The molecule has 1 aliphatic rings. The number of halogens is 4. The van der Waals surface area contributed by atoms with Gasteiger partial charge in [0.2, 0.25) is 10.7 Å². The Hall–Kier alpha value is -1.42. The molecule has 0 aliphatic carbocycles. The standard InChI is InChI=1S/C12H10BrF3N4OS/c13-10-18-11(17-9-5-6-22-9)20(19-10)7-1-3-8(4-2-7)21-12(14,15)16/h1-4,9H,5-6H2,(H,17,18,19). The number of hydrogen-bond acceptors (Lipinski definition) is 5. The molecule has 1 saturated heterocycles. The lowest BCUT2D eigenvalue weighted by atomic mass is 10.3. The number of aromatic nitrogens is 3. The van der Waals surface area contributed by atoms with Crippen LogP contribution in [0, 0.1) is 0 Å². The average Bonchev–Trinajstić information content (AvgIpc) is 2.74. The highest BCUT2D eigenvalue weighted by molar-refractivity contribution is 9.10. The van der Waals surface area contributed by atoms with Crippen LogP contribution >= 0.6 is 27.7 Å². The summed E-state index contributed by atoms with van der Waals surface area (Å²) in [4.78, 5) is 4.22. The number of ether oxygens (including phenoxy) is 1. The predicted molar refractivity (Wildman–Crippen MR) is 80.2 cm³/mol. The molecule has 0 saturated carbocycles. The van der Waals surface area contributed by atoms with Crippen LogP contribution in [-0.2, 0) is 0 Å². The Kier molecular flexibility index (Phi) is 4.22. The van der Waals surface area contributed by atoms with Gasteiger partial charge in [0, 0.05) is 0 Å². The number of alkyl halides is 3. The maximum atomic E-state index is 12.2. The predicted octanol–water partition coefficient (Wildman–Crippen LogP) is 3.80. The van der Waals surface area contributed by atoms with Gasteiger partial charge in [0.25, 0.3) is 0 Å². The zero-order valence-corrected chi connectivity index (χ0v) is 13.4. The minimum Gasteiger partial charge on any atom is -0.406 e. The van der Waals surface area contributed by atoms with Crippen LogP contribution in [0.25, 0.3) is 5.69 Å². The molecule has 0 radical (unpaired) electrons. The zero-order valence-electron chi connectivity index (χ0n) is 11.0. The first-order chi connectivity index (χ1) is 10.4. The van der Waals surface area contributed by atoms with Gasteiger partial charge in [-0.15, -0.1) is 30.0 Å². The van der Waals surface area contributed by atoms with Gasteiger partial charge in [-0.25, -0.2) is 0 Å². The van der Waals surface area contributed by atoms with Crippen LogP contribution < -0.4 is 10.1 Å². The van der Waals surface area contributed by atoms with Crippen molar-refractivity contribution in [1.82, 2.24) is 14.8 Å². The molecule has 0 amide bonds. The van der Waals surface area contributed by atoms with Gasteiger partial charge in [0.05, 0.1) is 11.1 Å². The number of nitrogens with zero attached hydrogens (tertiary/aromatic N) is 3. The Labute approximate surface area is 136 Å². The van der Waals surface area contributed by atoms with Crippen molar-refractivity contribution in [3.63, 3.8) is 0 Å². The maximum Gasteiger partial charge on any atom is 0.573 e. The summed E-state index contributed by atoms with van der Waals surface area (Å²) < 4.78 is 42.2. The Balaban J connectivity index is 1.81. The first kappa shape index (κ1) is 15.5. The van der Waals surface area contributed by atoms with E-state index < -0.39 is 6.36 Å². The van der Waals surface area contributed by atoms with Crippen molar-refractivity contribution in [1.29, 1.82) is 0 Å². The lowest BCUT2D eigenvalue weighted by Gasteiger charge is -2.26. The quantitative estimate of drug-likeness (QED) is 0.854. The van der Waals surface area contributed by atoms with E-state index in [9.17, 15) is 13.2 Å². The van der Waals surface area contributed by atoms with Gasteiger partial charge in [0.1, 0.15) is 5.75 Å². The first-order valence-corrected chi connectivity index (χ1v) is 8.12. The lowest BCUT2D eigenvalue weighted by Crippen LogP contribution is -2.26. The molecule has 22 heavy (non-hydrogen) atoms. The summed E-state index contributed by atoms with van der Waals surface area (Å²) in [5.41, 5.74) is 0.583. The monoisotopic (exact) mass is 394 g/mol. The van der Waals surface area contributed by atoms with Gasteiger partial charge < -0.3 is 10.1 Å². The summed E-state index contributed by atoms with van der Waals surface area (Å²) >= 11 is 4.97. The van der Waals surface area contributed by atoms with E-state index in [0.717, 1.165) is 12.2 Å². The molecular formula is C12H10BrF3N4OS. The second kappa shape index (κ2) is 5.99. The largest absolute Gasteiger partial charge is 0.573 e. The van der Waals surface area contributed by atoms with E-state index in [1.54, 1.807) is 11.8 Å². The molecule has 118 valence electrons. The number of hydrogen-bond donors (Lipinski definition) is 1. The summed E-state index contributed by atoms with van der Waals surface area (Å²) in [6.07, 6.45) is -3.67. The summed E-state index contributed by atoms with van der Waals surface area (Å²) in [7, 11) is 0. The summed E-state index contributed by atoms with van der Waals surface area (Å²) in [5, 5.41) is 7.69. The molecule has 1 aliphatic heterocycles. The first-order valence-electron chi connectivity index (χ1n) is 6.27. The van der Waals surface area contributed by atoms with Crippen LogP contribution in [-0.4, -0.2) is 32.3 Å². The van der Waals surface area contributed by atoms with E-state index in [2.05, 4.69) is 36.1 Å². The molecule has 0 spiro atoms. The Morgan fingerprint density at radius 1 is 1.32 bits per heavy atom. The van der Waals surface area contributed by atoms with Gasteiger partial charge in [0.15, 0.2) is 0 Å². The maximum absolute atomic E-state index is 12.2. The van der Waals surface area contributed by atoms with Gasteiger partial charge in [-0.1, -0.05) is 0 Å². The number of benzene rings is 1. The van der Waals surface area contributed by atoms with Crippen molar-refractivity contribution in [2.24, 2.45) is 0 Å². The normalized spacial score (nSPS) is 17.9. The summed E-state index contributed by atoms with van der Waals surface area (Å²) in [6.45, 7) is 0. The van der Waals surface area contributed by atoms with Crippen LogP contribution in [0.1, 0.15) is 6.42 Å². The fraction of sp³-hybridized carbons (Fsp3) is 0.333. The van der Waals surface area contributed by atoms with E-state index >= 15 is 0 Å². The Morgan fingerprint density at radius 2 is 2.00 bits per heavy atom. The highest BCUT2D eigenvalue weighted by atomic mass is 79.9. The summed E-state index contributed by atoms with van der Waals surface area (Å²) in [6, 6.07) is 5.45. The molecule has 3 rings (SSSR count). The van der Waals surface area contributed by atoms with Crippen molar-refractivity contribution in [3.8, 4) is 11.4 Å². The molecule has 1 N–H and O–H groups in total. The second-order valence-corrected chi connectivity index (χ2v) is 6.47. The smallest absolute Gasteiger partial charge is 0.406 e. The fourth-order valence-electron chi connectivity index (χ4n) is 1.84. The zero-order chi connectivity index (χ0) is 15.7. The van der Waals surface area contributed by atoms with Crippen molar-refractivity contribution >= 4 is 33.6 Å². The van der Waals surface area contributed by atoms with Gasteiger partial charge in [-0.2, -0.15) is 9.67 Å². The minimum atomic E-state index is -4.70. The molecule has 1 atom stereocenters. The third kappa shape index (κ3) is 3.67. The highest BCUT2D eigenvalue weighted by Gasteiger charge is 2.31. The Bertz CT molecular complexity index is 657. The number of nitrogens with one attached hydrogen (secondary N) is 1. The van der Waals surface area contributed by atoms with E-state index in [1.165, 1.54) is 28.9 Å². The molecule has 10 heteroatoms. The van der Waals surface area contributed by atoms with Crippen LogP contribution in [0.4, 0.5) is 19.1 Å².